The van der Waals surface area contributed by atoms with Gasteiger partial charge in [0, 0.05) is 25.2 Å². The first-order chi connectivity index (χ1) is 11.0. The van der Waals surface area contributed by atoms with Crippen LogP contribution < -0.4 is 10.0 Å². The highest BCUT2D eigenvalue weighted by Gasteiger charge is 2.24. The minimum absolute atomic E-state index is 0.0870. The first-order valence-corrected chi connectivity index (χ1v) is 9.12. The maximum absolute atomic E-state index is 12.6. The van der Waals surface area contributed by atoms with Crippen molar-refractivity contribution >= 4 is 15.9 Å². The summed E-state index contributed by atoms with van der Waals surface area (Å²) in [6.07, 6.45) is 3.28. The zero-order chi connectivity index (χ0) is 16.9. The molecule has 1 heterocycles. The third-order valence-corrected chi connectivity index (χ3v) is 5.41. The lowest BCUT2D eigenvalue weighted by Gasteiger charge is -2.31. The molecule has 2 N–H and O–H groups in total. The smallest absolute Gasteiger partial charge is 0.253 e. The molecule has 2 rings (SSSR count). The molecule has 0 aromatic heterocycles. The van der Waals surface area contributed by atoms with Crippen LogP contribution in [0.1, 0.15) is 23.2 Å². The number of hydrogen-bond acceptors (Lipinski definition) is 4. The van der Waals surface area contributed by atoms with Gasteiger partial charge < -0.3 is 10.2 Å². The molecule has 1 fully saturated rings. The van der Waals surface area contributed by atoms with Crippen LogP contribution in [0, 0.1) is 0 Å². The van der Waals surface area contributed by atoms with Gasteiger partial charge >= 0.3 is 0 Å². The lowest BCUT2D eigenvalue weighted by molar-refractivity contribution is 0.0703. The topological polar surface area (TPSA) is 78.5 Å². The average Bonchev–Trinajstić information content (AvgIpc) is 2.59. The molecule has 0 atom stereocenters. The molecule has 0 spiro atoms. The Morgan fingerprint density at radius 1 is 1.43 bits per heavy atom. The third-order valence-electron chi connectivity index (χ3n) is 3.99. The Kier molecular flexibility index (Phi) is 5.92. The Morgan fingerprint density at radius 3 is 2.78 bits per heavy atom. The predicted octanol–water partition coefficient (Wildman–Crippen LogP) is 0.975. The Hall–Kier alpha value is -1.70. The van der Waals surface area contributed by atoms with Crippen molar-refractivity contribution in [2.45, 2.75) is 23.8 Å². The second-order valence-electron chi connectivity index (χ2n) is 5.57. The monoisotopic (exact) mass is 337 g/mol. The molecule has 0 aliphatic carbocycles. The molecule has 1 saturated heterocycles. The van der Waals surface area contributed by atoms with E-state index in [0.29, 0.717) is 5.56 Å². The van der Waals surface area contributed by atoms with Crippen molar-refractivity contribution in [3.63, 3.8) is 0 Å². The van der Waals surface area contributed by atoms with Crippen LogP contribution in [-0.4, -0.2) is 51.9 Å². The number of hydrogen-bond donors (Lipinski definition) is 2. The molecule has 126 valence electrons. The summed E-state index contributed by atoms with van der Waals surface area (Å²) in [6, 6.07) is 6.32. The molecule has 1 amide bonds. The zero-order valence-electron chi connectivity index (χ0n) is 13.3. The summed E-state index contributed by atoms with van der Waals surface area (Å²) in [5.74, 6) is -0.155. The highest BCUT2D eigenvalue weighted by Crippen LogP contribution is 2.16. The summed E-state index contributed by atoms with van der Waals surface area (Å²) in [5, 5.41) is 3.26. The van der Waals surface area contributed by atoms with Crippen LogP contribution in [0.2, 0.25) is 0 Å². The number of piperidine rings is 1. The van der Waals surface area contributed by atoms with Crippen LogP contribution in [0.5, 0.6) is 0 Å². The van der Waals surface area contributed by atoms with Crippen LogP contribution in [-0.2, 0) is 10.0 Å². The molecule has 0 bridgehead atoms. The van der Waals surface area contributed by atoms with Crippen LogP contribution in [0.4, 0.5) is 0 Å². The summed E-state index contributed by atoms with van der Waals surface area (Å²) >= 11 is 0. The fourth-order valence-corrected chi connectivity index (χ4v) is 3.66. The van der Waals surface area contributed by atoms with E-state index < -0.39 is 10.0 Å². The molecule has 0 unspecified atom stereocenters. The SMILES string of the molecule is C=CCNS(=O)(=O)c1cccc(C(=O)N(C)C2CCNCC2)c1. The number of nitrogens with one attached hydrogen (secondary N) is 2. The second-order valence-corrected chi connectivity index (χ2v) is 7.33. The van der Waals surface area contributed by atoms with E-state index in [1.165, 1.54) is 18.2 Å². The molecule has 6 nitrogen and oxygen atoms in total. The van der Waals surface area contributed by atoms with Gasteiger partial charge in [0.05, 0.1) is 4.90 Å². The van der Waals surface area contributed by atoms with Gasteiger partial charge in [0.15, 0.2) is 0 Å². The van der Waals surface area contributed by atoms with Gasteiger partial charge in [-0.3, -0.25) is 4.79 Å². The number of nitrogens with zero attached hydrogens (tertiary/aromatic N) is 1. The van der Waals surface area contributed by atoms with Crippen molar-refractivity contribution in [1.29, 1.82) is 0 Å². The van der Waals surface area contributed by atoms with Gasteiger partial charge in [-0.15, -0.1) is 6.58 Å². The van der Waals surface area contributed by atoms with Crippen molar-refractivity contribution in [3.05, 3.63) is 42.5 Å². The molecule has 1 aliphatic rings. The molecule has 0 saturated carbocycles. The second kappa shape index (κ2) is 7.72. The lowest BCUT2D eigenvalue weighted by atomic mass is 10.0. The number of carbonyl (C=O) groups excluding carboxylic acids is 1. The van der Waals surface area contributed by atoms with Gasteiger partial charge in [-0.1, -0.05) is 12.1 Å². The summed E-state index contributed by atoms with van der Waals surface area (Å²) in [5.41, 5.74) is 0.382. The van der Waals surface area contributed by atoms with Gasteiger partial charge in [0.25, 0.3) is 5.91 Å². The van der Waals surface area contributed by atoms with Gasteiger partial charge in [0.2, 0.25) is 10.0 Å². The normalized spacial score (nSPS) is 16.0. The fourth-order valence-electron chi connectivity index (χ4n) is 2.61. The largest absolute Gasteiger partial charge is 0.339 e. The van der Waals surface area contributed by atoms with Crippen LogP contribution in [0.25, 0.3) is 0 Å². The Bertz CT molecular complexity index is 667. The zero-order valence-corrected chi connectivity index (χ0v) is 14.1. The van der Waals surface area contributed by atoms with Gasteiger partial charge in [-0.25, -0.2) is 13.1 Å². The Balaban J connectivity index is 2.18. The first-order valence-electron chi connectivity index (χ1n) is 7.64. The highest BCUT2D eigenvalue weighted by atomic mass is 32.2. The number of sulfonamides is 1. The molecule has 23 heavy (non-hydrogen) atoms. The lowest BCUT2D eigenvalue weighted by Crippen LogP contribution is -2.44. The van der Waals surface area contributed by atoms with E-state index in [4.69, 9.17) is 0 Å². The van der Waals surface area contributed by atoms with Crippen molar-refractivity contribution in [1.82, 2.24) is 14.9 Å². The van der Waals surface area contributed by atoms with E-state index in [1.54, 1.807) is 24.1 Å². The van der Waals surface area contributed by atoms with E-state index in [0.717, 1.165) is 25.9 Å². The number of carbonyl (C=O) groups is 1. The fraction of sp³-hybridized carbons (Fsp3) is 0.438. The van der Waals surface area contributed by atoms with Crippen LogP contribution >= 0.6 is 0 Å². The average molecular weight is 337 g/mol. The summed E-state index contributed by atoms with van der Waals surface area (Å²) < 4.78 is 26.7. The number of benzene rings is 1. The number of amides is 1. The van der Waals surface area contributed by atoms with Gasteiger partial charge in [-0.05, 0) is 44.1 Å². The van der Waals surface area contributed by atoms with E-state index in [1.807, 2.05) is 0 Å². The molecule has 7 heteroatoms. The highest BCUT2D eigenvalue weighted by molar-refractivity contribution is 7.89. The molecule has 1 aromatic rings. The molecule has 0 radical (unpaired) electrons. The van der Waals surface area contributed by atoms with Gasteiger partial charge in [0.1, 0.15) is 0 Å². The molecular weight excluding hydrogens is 314 g/mol. The summed E-state index contributed by atoms with van der Waals surface area (Å²) in [4.78, 5) is 14.4. The summed E-state index contributed by atoms with van der Waals surface area (Å²) in [6.45, 7) is 5.42. The summed E-state index contributed by atoms with van der Waals surface area (Å²) in [7, 11) is -1.86. The standard InChI is InChI=1S/C16H23N3O3S/c1-3-9-18-23(21,22)15-6-4-5-13(12-15)16(20)19(2)14-7-10-17-11-8-14/h3-6,12,14,17-18H,1,7-11H2,2H3. The van der Waals surface area contributed by atoms with E-state index in [9.17, 15) is 13.2 Å². The third kappa shape index (κ3) is 4.40. The van der Waals surface area contributed by atoms with E-state index in [-0.39, 0.29) is 23.4 Å². The van der Waals surface area contributed by atoms with Crippen molar-refractivity contribution in [2.75, 3.05) is 26.7 Å². The maximum Gasteiger partial charge on any atom is 0.253 e. The van der Waals surface area contributed by atoms with Crippen molar-refractivity contribution < 1.29 is 13.2 Å². The van der Waals surface area contributed by atoms with Crippen LogP contribution in [0.15, 0.2) is 41.8 Å². The van der Waals surface area contributed by atoms with Crippen molar-refractivity contribution in [2.24, 2.45) is 0 Å². The predicted molar refractivity (Wildman–Crippen MR) is 89.8 cm³/mol. The Morgan fingerprint density at radius 2 is 2.13 bits per heavy atom. The Labute approximate surface area is 137 Å². The number of rotatable bonds is 6. The molecule has 1 aliphatic heterocycles. The minimum atomic E-state index is -3.63. The minimum Gasteiger partial charge on any atom is -0.339 e. The van der Waals surface area contributed by atoms with Crippen molar-refractivity contribution in [3.8, 4) is 0 Å². The van der Waals surface area contributed by atoms with Gasteiger partial charge in [-0.2, -0.15) is 0 Å². The molecular formula is C16H23N3O3S. The van der Waals surface area contributed by atoms with Crippen LogP contribution in [0.3, 0.4) is 0 Å². The maximum atomic E-state index is 12.6. The molecule has 1 aromatic carbocycles. The van der Waals surface area contributed by atoms with E-state index in [2.05, 4.69) is 16.6 Å². The first kappa shape index (κ1) is 17.7. The van der Waals surface area contributed by atoms with E-state index >= 15 is 0 Å². The quantitative estimate of drug-likeness (QED) is 0.759.